The quantitative estimate of drug-likeness (QED) is 0.682. The van der Waals surface area contributed by atoms with Crippen molar-refractivity contribution in [1.82, 2.24) is 5.16 Å². The second kappa shape index (κ2) is 4.14. The zero-order valence-corrected chi connectivity index (χ0v) is 8.39. The summed E-state index contributed by atoms with van der Waals surface area (Å²) in [6.45, 7) is 0. The van der Waals surface area contributed by atoms with Gasteiger partial charge in [-0.25, -0.2) is 0 Å². The largest absolute Gasteiger partial charge is 0.361 e. The van der Waals surface area contributed by atoms with Crippen molar-refractivity contribution in [3.8, 4) is 0 Å². The summed E-state index contributed by atoms with van der Waals surface area (Å²) in [5, 5.41) is 3.81. The predicted octanol–water partition coefficient (Wildman–Crippen LogP) is 3.46. The van der Waals surface area contributed by atoms with Gasteiger partial charge in [-0.15, -0.1) is 11.6 Å². The van der Waals surface area contributed by atoms with Crippen molar-refractivity contribution in [3.05, 3.63) is 17.5 Å². The molecule has 0 aromatic carbocycles. The first-order valence-corrected chi connectivity index (χ1v) is 5.44. The molecule has 0 spiro atoms. The number of alkyl halides is 1. The fourth-order valence-corrected chi connectivity index (χ4v) is 2.27. The molecule has 1 aromatic rings. The van der Waals surface area contributed by atoms with Crippen LogP contribution >= 0.6 is 11.6 Å². The lowest BCUT2D eigenvalue weighted by molar-refractivity contribution is 0.320. The molecular formula is C10H14ClNO. The molecule has 0 unspecified atom stereocenters. The summed E-state index contributed by atoms with van der Waals surface area (Å²) in [6, 6.07) is 0. The monoisotopic (exact) mass is 199 g/mol. The van der Waals surface area contributed by atoms with Crippen LogP contribution in [-0.4, -0.2) is 5.16 Å². The lowest BCUT2D eigenvalue weighted by Gasteiger charge is -2.19. The van der Waals surface area contributed by atoms with Crippen LogP contribution in [0, 0.1) is 0 Å². The summed E-state index contributed by atoms with van der Waals surface area (Å²) in [7, 11) is 0. The van der Waals surface area contributed by atoms with Gasteiger partial charge in [0.25, 0.3) is 0 Å². The SMILES string of the molecule is ClCc1cnoc1C1CCCCC1. The van der Waals surface area contributed by atoms with Crippen molar-refractivity contribution in [1.29, 1.82) is 0 Å². The predicted molar refractivity (Wildman–Crippen MR) is 51.9 cm³/mol. The van der Waals surface area contributed by atoms with E-state index in [1.165, 1.54) is 32.1 Å². The maximum Gasteiger partial charge on any atom is 0.144 e. The van der Waals surface area contributed by atoms with Gasteiger partial charge in [0.15, 0.2) is 0 Å². The summed E-state index contributed by atoms with van der Waals surface area (Å²) in [5.74, 6) is 2.13. The van der Waals surface area contributed by atoms with Gasteiger partial charge in [0.2, 0.25) is 0 Å². The number of hydrogen-bond donors (Lipinski definition) is 0. The Balaban J connectivity index is 2.13. The van der Waals surface area contributed by atoms with E-state index >= 15 is 0 Å². The average Bonchev–Trinajstić information content (AvgIpc) is 2.67. The molecule has 1 aromatic heterocycles. The molecule has 0 saturated heterocycles. The van der Waals surface area contributed by atoms with Gasteiger partial charge in [-0.1, -0.05) is 24.4 Å². The van der Waals surface area contributed by atoms with E-state index in [0.29, 0.717) is 11.8 Å². The van der Waals surface area contributed by atoms with E-state index in [1.54, 1.807) is 6.20 Å². The molecule has 1 saturated carbocycles. The Labute approximate surface area is 83.2 Å². The third-order valence-corrected chi connectivity index (χ3v) is 3.08. The highest BCUT2D eigenvalue weighted by Gasteiger charge is 2.21. The fourth-order valence-electron chi connectivity index (χ4n) is 2.07. The van der Waals surface area contributed by atoms with Crippen LogP contribution in [0.1, 0.15) is 49.3 Å². The molecule has 3 heteroatoms. The van der Waals surface area contributed by atoms with Crippen LogP contribution in [0.2, 0.25) is 0 Å². The van der Waals surface area contributed by atoms with Gasteiger partial charge in [-0.05, 0) is 12.8 Å². The maximum atomic E-state index is 5.79. The smallest absolute Gasteiger partial charge is 0.144 e. The number of rotatable bonds is 2. The third-order valence-electron chi connectivity index (χ3n) is 2.80. The van der Waals surface area contributed by atoms with Crippen LogP contribution in [0.5, 0.6) is 0 Å². The van der Waals surface area contributed by atoms with Crippen LogP contribution < -0.4 is 0 Å². The van der Waals surface area contributed by atoms with Gasteiger partial charge >= 0.3 is 0 Å². The van der Waals surface area contributed by atoms with Gasteiger partial charge in [-0.3, -0.25) is 0 Å². The van der Waals surface area contributed by atoms with Crippen molar-refractivity contribution >= 4 is 11.6 Å². The molecule has 2 nitrogen and oxygen atoms in total. The topological polar surface area (TPSA) is 26.0 Å². The molecule has 1 heterocycles. The molecule has 1 aliphatic rings. The molecule has 0 N–H and O–H groups in total. The molecule has 1 fully saturated rings. The lowest BCUT2D eigenvalue weighted by Crippen LogP contribution is -2.05. The molecule has 72 valence electrons. The Morgan fingerprint density at radius 3 is 2.85 bits per heavy atom. The molecule has 0 radical (unpaired) electrons. The van der Waals surface area contributed by atoms with E-state index in [-0.39, 0.29) is 0 Å². The standard InChI is InChI=1S/C10H14ClNO/c11-6-9-7-12-13-10(9)8-4-2-1-3-5-8/h7-8H,1-6H2. The van der Waals surface area contributed by atoms with Gasteiger partial charge < -0.3 is 4.52 Å². The zero-order valence-electron chi connectivity index (χ0n) is 7.63. The molecule has 0 atom stereocenters. The van der Waals surface area contributed by atoms with Crippen molar-refractivity contribution < 1.29 is 4.52 Å². The van der Waals surface area contributed by atoms with Crippen LogP contribution in [0.25, 0.3) is 0 Å². The fraction of sp³-hybridized carbons (Fsp3) is 0.700. The van der Waals surface area contributed by atoms with E-state index in [0.717, 1.165) is 11.3 Å². The van der Waals surface area contributed by atoms with E-state index in [9.17, 15) is 0 Å². The molecule has 0 aliphatic heterocycles. The Morgan fingerprint density at radius 2 is 2.15 bits per heavy atom. The zero-order chi connectivity index (χ0) is 9.10. The molecular weight excluding hydrogens is 186 g/mol. The first-order chi connectivity index (χ1) is 6.42. The van der Waals surface area contributed by atoms with Gasteiger partial charge in [0.1, 0.15) is 5.76 Å². The highest BCUT2D eigenvalue weighted by atomic mass is 35.5. The normalized spacial score (nSPS) is 19.2. The maximum absolute atomic E-state index is 5.79. The van der Waals surface area contributed by atoms with E-state index in [2.05, 4.69) is 5.16 Å². The third kappa shape index (κ3) is 1.88. The summed E-state index contributed by atoms with van der Waals surface area (Å²) < 4.78 is 5.26. The van der Waals surface area contributed by atoms with Crippen LogP contribution in [0.3, 0.4) is 0 Å². The minimum Gasteiger partial charge on any atom is -0.361 e. The first-order valence-electron chi connectivity index (χ1n) is 4.91. The number of halogens is 1. The highest BCUT2D eigenvalue weighted by Crippen LogP contribution is 2.34. The molecule has 13 heavy (non-hydrogen) atoms. The highest BCUT2D eigenvalue weighted by molar-refractivity contribution is 6.17. The summed E-state index contributed by atoms with van der Waals surface area (Å²) in [4.78, 5) is 0. The molecule has 1 aliphatic carbocycles. The second-order valence-corrected chi connectivity index (χ2v) is 3.95. The molecule has 2 rings (SSSR count). The molecule has 0 amide bonds. The summed E-state index contributed by atoms with van der Waals surface area (Å²) >= 11 is 5.79. The van der Waals surface area contributed by atoms with E-state index in [1.807, 2.05) is 0 Å². The second-order valence-electron chi connectivity index (χ2n) is 3.68. The van der Waals surface area contributed by atoms with E-state index in [4.69, 9.17) is 16.1 Å². The van der Waals surface area contributed by atoms with Crippen LogP contribution in [-0.2, 0) is 5.88 Å². The number of aromatic nitrogens is 1. The minimum absolute atomic E-state index is 0.523. The van der Waals surface area contributed by atoms with Crippen molar-refractivity contribution in [2.45, 2.75) is 43.9 Å². The van der Waals surface area contributed by atoms with E-state index < -0.39 is 0 Å². The van der Waals surface area contributed by atoms with Gasteiger partial charge in [0, 0.05) is 11.5 Å². The Kier molecular flexibility index (Phi) is 2.89. The van der Waals surface area contributed by atoms with Crippen LogP contribution in [0.4, 0.5) is 0 Å². The summed E-state index contributed by atoms with van der Waals surface area (Å²) in [6.07, 6.45) is 8.20. The van der Waals surface area contributed by atoms with Gasteiger partial charge in [0.05, 0.1) is 12.1 Å². The van der Waals surface area contributed by atoms with Gasteiger partial charge in [-0.2, -0.15) is 0 Å². The Bertz CT molecular complexity index is 266. The number of nitrogens with zero attached hydrogens (tertiary/aromatic N) is 1. The first kappa shape index (κ1) is 9.07. The lowest BCUT2D eigenvalue weighted by atomic mass is 9.86. The number of hydrogen-bond acceptors (Lipinski definition) is 2. The average molecular weight is 200 g/mol. The van der Waals surface area contributed by atoms with Crippen molar-refractivity contribution in [2.75, 3.05) is 0 Å². The van der Waals surface area contributed by atoms with Crippen molar-refractivity contribution in [2.24, 2.45) is 0 Å². The Hall–Kier alpha value is -0.500. The van der Waals surface area contributed by atoms with Crippen LogP contribution in [0.15, 0.2) is 10.7 Å². The minimum atomic E-state index is 0.523. The molecule has 0 bridgehead atoms. The summed E-state index contributed by atoms with van der Waals surface area (Å²) in [5.41, 5.74) is 1.08. The Morgan fingerprint density at radius 1 is 1.38 bits per heavy atom. The van der Waals surface area contributed by atoms with Crippen molar-refractivity contribution in [3.63, 3.8) is 0 Å².